The van der Waals surface area contributed by atoms with Crippen LogP contribution >= 0.6 is 0 Å². The maximum Gasteiger partial charge on any atom is 0.315 e. The summed E-state index contributed by atoms with van der Waals surface area (Å²) in [6.45, 7) is 13.9. The van der Waals surface area contributed by atoms with Crippen molar-refractivity contribution in [2.75, 3.05) is 13.3 Å². The third kappa shape index (κ3) is 10.9. The standard InChI is InChI=1S/C40H57N5O7/c1-25(2)29-20-21-45(31(29)36(48)42-30(22-26-18-19-26)32(46)35(41)47)37(49)33(39(3,4)5)43-38(50)44-40(6,7)34(28-16-12-9-13-17-28)52-24-51-23-27-14-10-8-11-15-27/h8-17,25-26,29-31,33-34H,18-24H2,1-7H3,(H2,41,47)(H,42,48)(H2,43,44,50)/t29?,30?,31-,33+,34?/m0/s1. The van der Waals surface area contributed by atoms with Crippen LogP contribution in [-0.2, 0) is 35.3 Å². The van der Waals surface area contributed by atoms with Crippen molar-refractivity contribution in [2.24, 2.45) is 28.9 Å². The maximum absolute atomic E-state index is 14.5. The van der Waals surface area contributed by atoms with Crippen LogP contribution in [0, 0.1) is 23.2 Å². The fourth-order valence-electron chi connectivity index (χ4n) is 6.98. The Morgan fingerprint density at radius 1 is 0.885 bits per heavy atom. The molecule has 4 rings (SSSR count). The topological polar surface area (TPSA) is 169 Å². The Balaban J connectivity index is 1.50. The largest absolute Gasteiger partial charge is 0.363 e. The van der Waals surface area contributed by atoms with Gasteiger partial charge in [0.2, 0.25) is 17.6 Å². The number of hydrogen-bond donors (Lipinski definition) is 4. The predicted octanol–water partition coefficient (Wildman–Crippen LogP) is 4.62. The van der Waals surface area contributed by atoms with E-state index in [1.165, 1.54) is 4.90 Å². The highest BCUT2D eigenvalue weighted by Crippen LogP contribution is 2.36. The number of rotatable bonds is 17. The zero-order valence-electron chi connectivity index (χ0n) is 31.6. The minimum atomic E-state index is -1.10. The number of urea groups is 1. The summed E-state index contributed by atoms with van der Waals surface area (Å²) in [7, 11) is 0. The minimum Gasteiger partial charge on any atom is -0.363 e. The molecular formula is C40H57N5O7. The molecule has 0 spiro atoms. The zero-order valence-corrected chi connectivity index (χ0v) is 31.6. The van der Waals surface area contributed by atoms with E-state index in [2.05, 4.69) is 16.0 Å². The molecule has 5 amide bonds. The van der Waals surface area contributed by atoms with Crippen LogP contribution in [0.5, 0.6) is 0 Å². The molecule has 2 aliphatic rings. The molecule has 1 saturated heterocycles. The Hall–Kier alpha value is -4.29. The molecule has 1 aliphatic carbocycles. The normalized spacial score (nSPS) is 19.4. The van der Waals surface area contributed by atoms with Crippen molar-refractivity contribution in [2.45, 2.75) is 111 Å². The quantitative estimate of drug-likeness (QED) is 0.105. The highest BCUT2D eigenvalue weighted by atomic mass is 16.7. The van der Waals surface area contributed by atoms with Gasteiger partial charge in [-0.05, 0) is 61.0 Å². The molecule has 12 nitrogen and oxygen atoms in total. The molecule has 2 fully saturated rings. The number of carbonyl (C=O) groups is 5. The van der Waals surface area contributed by atoms with Gasteiger partial charge in [0.1, 0.15) is 25.0 Å². The first-order valence-corrected chi connectivity index (χ1v) is 18.3. The van der Waals surface area contributed by atoms with E-state index in [0.717, 1.165) is 24.0 Å². The van der Waals surface area contributed by atoms with Crippen LogP contribution in [0.1, 0.15) is 91.4 Å². The lowest BCUT2D eigenvalue weighted by Gasteiger charge is -2.39. The first kappa shape index (κ1) is 40.5. The van der Waals surface area contributed by atoms with Crippen molar-refractivity contribution in [1.82, 2.24) is 20.9 Å². The van der Waals surface area contributed by atoms with E-state index in [-0.39, 0.29) is 24.5 Å². The third-order valence-corrected chi connectivity index (χ3v) is 10.0. The molecule has 1 aliphatic heterocycles. The van der Waals surface area contributed by atoms with Gasteiger partial charge in [0.15, 0.2) is 0 Å². The second-order valence-corrected chi connectivity index (χ2v) is 16.2. The number of Topliss-reactive ketones (excluding diaryl/α,β-unsaturated/α-hetero) is 1. The van der Waals surface area contributed by atoms with Crippen molar-refractivity contribution < 1.29 is 33.4 Å². The van der Waals surface area contributed by atoms with E-state index in [1.807, 2.05) is 109 Å². The smallest absolute Gasteiger partial charge is 0.315 e. The molecule has 12 heteroatoms. The maximum atomic E-state index is 14.5. The third-order valence-electron chi connectivity index (χ3n) is 10.0. The van der Waals surface area contributed by atoms with E-state index in [1.54, 1.807) is 0 Å². The summed E-state index contributed by atoms with van der Waals surface area (Å²) in [6, 6.07) is 15.7. The van der Waals surface area contributed by atoms with Gasteiger partial charge in [-0.2, -0.15) is 0 Å². The number of likely N-dealkylation sites (tertiary alicyclic amines) is 1. The summed E-state index contributed by atoms with van der Waals surface area (Å²) in [5.74, 6) is -2.77. The summed E-state index contributed by atoms with van der Waals surface area (Å²) in [4.78, 5) is 68.3. The van der Waals surface area contributed by atoms with Gasteiger partial charge in [-0.15, -0.1) is 0 Å². The molecule has 1 saturated carbocycles. The number of benzene rings is 2. The number of ether oxygens (including phenoxy) is 2. The second-order valence-electron chi connectivity index (χ2n) is 16.2. The lowest BCUT2D eigenvalue weighted by Crippen LogP contribution is -2.62. The molecule has 2 aromatic carbocycles. The van der Waals surface area contributed by atoms with Crippen LogP contribution in [0.15, 0.2) is 60.7 Å². The summed E-state index contributed by atoms with van der Waals surface area (Å²) >= 11 is 0. The molecular weight excluding hydrogens is 662 g/mol. The van der Waals surface area contributed by atoms with Crippen molar-refractivity contribution in [3.8, 4) is 0 Å². The Bertz CT molecular complexity index is 1540. The molecule has 2 aromatic rings. The monoisotopic (exact) mass is 719 g/mol. The van der Waals surface area contributed by atoms with Crippen LogP contribution in [0.2, 0.25) is 0 Å². The average molecular weight is 720 g/mol. The van der Waals surface area contributed by atoms with Gasteiger partial charge in [0.25, 0.3) is 5.91 Å². The molecule has 0 aromatic heterocycles. The first-order valence-electron chi connectivity index (χ1n) is 18.3. The van der Waals surface area contributed by atoms with Crippen LogP contribution in [0.25, 0.3) is 0 Å². The van der Waals surface area contributed by atoms with Crippen molar-refractivity contribution >= 4 is 29.5 Å². The van der Waals surface area contributed by atoms with E-state index in [0.29, 0.717) is 26.0 Å². The van der Waals surface area contributed by atoms with Crippen LogP contribution in [0.4, 0.5) is 4.79 Å². The SMILES string of the molecule is CC(C)C1CCN(C(=O)[C@@H](NC(=O)NC(C)(C)C(OCOCc2ccccc2)c2ccccc2)C(C)(C)C)[C@@H]1C(=O)NC(CC1CC1)C(=O)C(N)=O. The number of nitrogens with zero attached hydrogens (tertiary/aromatic N) is 1. The van der Waals surface area contributed by atoms with Crippen LogP contribution in [0.3, 0.4) is 0 Å². The van der Waals surface area contributed by atoms with Gasteiger partial charge in [-0.3, -0.25) is 19.2 Å². The number of hydrogen-bond acceptors (Lipinski definition) is 7. The highest BCUT2D eigenvalue weighted by Gasteiger charge is 2.48. The van der Waals surface area contributed by atoms with Crippen molar-refractivity contribution in [3.05, 3.63) is 71.8 Å². The molecule has 3 unspecified atom stereocenters. The number of nitrogens with two attached hydrogens (primary N) is 1. The molecule has 1 heterocycles. The van der Waals surface area contributed by atoms with E-state index < -0.39 is 64.7 Å². The molecule has 284 valence electrons. The molecule has 52 heavy (non-hydrogen) atoms. The number of carbonyl (C=O) groups excluding carboxylic acids is 5. The van der Waals surface area contributed by atoms with Crippen molar-refractivity contribution in [1.29, 1.82) is 0 Å². The lowest BCUT2D eigenvalue weighted by molar-refractivity contribution is -0.144. The van der Waals surface area contributed by atoms with E-state index in [9.17, 15) is 24.0 Å². The Morgan fingerprint density at radius 3 is 2.06 bits per heavy atom. The molecule has 0 radical (unpaired) electrons. The molecule has 0 bridgehead atoms. The summed E-state index contributed by atoms with van der Waals surface area (Å²) < 4.78 is 12.1. The summed E-state index contributed by atoms with van der Waals surface area (Å²) in [5.41, 5.74) is 5.46. The second kappa shape index (κ2) is 17.5. The lowest BCUT2D eigenvalue weighted by atomic mass is 9.84. The Morgan fingerprint density at radius 2 is 1.50 bits per heavy atom. The Labute approximate surface area is 307 Å². The highest BCUT2D eigenvalue weighted by molar-refractivity contribution is 6.37. The number of amides is 5. The van der Waals surface area contributed by atoms with Crippen LogP contribution < -0.4 is 21.7 Å². The van der Waals surface area contributed by atoms with Gasteiger partial charge in [0.05, 0.1) is 18.2 Å². The fraction of sp³-hybridized carbons (Fsp3) is 0.575. The van der Waals surface area contributed by atoms with Gasteiger partial charge in [0, 0.05) is 6.54 Å². The van der Waals surface area contributed by atoms with Gasteiger partial charge >= 0.3 is 6.03 Å². The van der Waals surface area contributed by atoms with Crippen LogP contribution in [-0.4, -0.2) is 71.4 Å². The Kier molecular flexibility index (Phi) is 13.6. The zero-order chi connectivity index (χ0) is 38.2. The average Bonchev–Trinajstić information content (AvgIpc) is 3.79. The summed E-state index contributed by atoms with van der Waals surface area (Å²) in [6.07, 6.45) is 2.12. The first-order chi connectivity index (χ1) is 24.5. The van der Waals surface area contributed by atoms with Gasteiger partial charge in [-0.25, -0.2) is 4.79 Å². The number of ketones is 1. The van der Waals surface area contributed by atoms with Crippen molar-refractivity contribution in [3.63, 3.8) is 0 Å². The molecule has 5 atom stereocenters. The summed E-state index contributed by atoms with van der Waals surface area (Å²) in [5, 5.41) is 8.74. The fourth-order valence-corrected chi connectivity index (χ4v) is 6.98. The van der Waals surface area contributed by atoms with E-state index >= 15 is 0 Å². The predicted molar refractivity (Wildman–Crippen MR) is 197 cm³/mol. The van der Waals surface area contributed by atoms with Gasteiger partial charge < -0.3 is 36.1 Å². The number of nitrogens with one attached hydrogen (secondary N) is 3. The minimum absolute atomic E-state index is 0.0216. The number of primary amides is 1. The van der Waals surface area contributed by atoms with E-state index in [4.69, 9.17) is 15.2 Å². The molecule has 5 N–H and O–H groups in total. The van der Waals surface area contributed by atoms with Gasteiger partial charge in [-0.1, -0.05) is 108 Å².